The third-order valence-corrected chi connectivity index (χ3v) is 4.55. The summed E-state index contributed by atoms with van der Waals surface area (Å²) in [5.41, 5.74) is 1.63. The summed E-state index contributed by atoms with van der Waals surface area (Å²) in [6.45, 7) is 2.29. The molecule has 0 aromatic carbocycles. The number of rotatable bonds is 2. The molecule has 0 aliphatic carbocycles. The smallest absolute Gasteiger partial charge is 0.259 e. The number of aromatic nitrogens is 3. The van der Waals surface area contributed by atoms with E-state index in [1.165, 1.54) is 0 Å². The van der Waals surface area contributed by atoms with Crippen LogP contribution in [0, 0.1) is 6.92 Å². The molecule has 0 aliphatic heterocycles. The van der Waals surface area contributed by atoms with Gasteiger partial charge in [-0.25, -0.2) is 0 Å². The Hall–Kier alpha value is -1.59. The molecule has 6 heteroatoms. The van der Waals surface area contributed by atoms with Crippen LogP contribution in [0.2, 0.25) is 5.02 Å². The van der Waals surface area contributed by atoms with Gasteiger partial charge in [-0.2, -0.15) is 5.10 Å². The zero-order valence-electron chi connectivity index (χ0n) is 10.6. The first-order valence-corrected chi connectivity index (χ1v) is 7.08. The minimum atomic E-state index is 0.00803. The van der Waals surface area contributed by atoms with E-state index in [2.05, 4.69) is 5.10 Å². The molecule has 0 N–H and O–H groups in total. The van der Waals surface area contributed by atoms with Crippen LogP contribution < -0.4 is 5.56 Å². The Morgan fingerprint density at radius 3 is 2.89 bits per heavy atom. The number of pyridine rings is 1. The second-order valence-corrected chi connectivity index (χ2v) is 5.74. The second kappa shape index (κ2) is 4.51. The lowest BCUT2D eigenvalue weighted by atomic mass is 10.3. The van der Waals surface area contributed by atoms with Gasteiger partial charge in [-0.3, -0.25) is 9.48 Å². The average Bonchev–Trinajstić information content (AvgIpc) is 2.93. The molecule has 4 nitrogen and oxygen atoms in total. The van der Waals surface area contributed by atoms with Crippen LogP contribution in [0.1, 0.15) is 11.4 Å². The minimum Gasteiger partial charge on any atom is -0.309 e. The van der Waals surface area contributed by atoms with Crippen LogP contribution in [0.25, 0.3) is 10.1 Å². The van der Waals surface area contributed by atoms with Crippen molar-refractivity contribution in [2.45, 2.75) is 13.5 Å². The minimum absolute atomic E-state index is 0.00803. The monoisotopic (exact) mass is 293 g/mol. The van der Waals surface area contributed by atoms with E-state index in [9.17, 15) is 4.79 Å². The van der Waals surface area contributed by atoms with E-state index in [0.717, 1.165) is 21.5 Å². The van der Waals surface area contributed by atoms with E-state index in [1.54, 1.807) is 26.8 Å². The topological polar surface area (TPSA) is 39.8 Å². The van der Waals surface area contributed by atoms with E-state index >= 15 is 0 Å². The van der Waals surface area contributed by atoms with Gasteiger partial charge in [0.2, 0.25) is 0 Å². The van der Waals surface area contributed by atoms with Crippen LogP contribution in [0.5, 0.6) is 0 Å². The highest BCUT2D eigenvalue weighted by atomic mass is 35.5. The molecule has 0 bridgehead atoms. The van der Waals surface area contributed by atoms with Crippen molar-refractivity contribution in [1.29, 1.82) is 0 Å². The van der Waals surface area contributed by atoms with E-state index in [1.807, 2.05) is 31.5 Å². The highest BCUT2D eigenvalue weighted by Gasteiger charge is 2.13. The fourth-order valence-corrected chi connectivity index (χ4v) is 3.14. The molecule has 0 unspecified atom stereocenters. The number of hydrogen-bond acceptors (Lipinski definition) is 3. The Bertz CT molecular complexity index is 815. The summed E-state index contributed by atoms with van der Waals surface area (Å²) in [5.74, 6) is 0. The zero-order valence-corrected chi connectivity index (χ0v) is 12.1. The van der Waals surface area contributed by atoms with Crippen LogP contribution in [-0.4, -0.2) is 14.3 Å². The van der Waals surface area contributed by atoms with Crippen molar-refractivity contribution in [2.75, 3.05) is 0 Å². The van der Waals surface area contributed by atoms with Crippen molar-refractivity contribution in [1.82, 2.24) is 14.3 Å². The lowest BCUT2D eigenvalue weighted by Gasteiger charge is -2.06. The Balaban J connectivity index is 2.10. The molecule has 0 saturated carbocycles. The quantitative estimate of drug-likeness (QED) is 0.729. The van der Waals surface area contributed by atoms with Gasteiger partial charge in [0.15, 0.2) is 0 Å². The molecular weight excluding hydrogens is 282 g/mol. The van der Waals surface area contributed by atoms with Crippen molar-refractivity contribution in [3.8, 4) is 0 Å². The third-order valence-electron chi connectivity index (χ3n) is 3.17. The SMILES string of the molecule is Cc1nn(C)c(Cn2ccc3sccc3c2=O)c1Cl. The summed E-state index contributed by atoms with van der Waals surface area (Å²) in [6, 6.07) is 3.81. The fourth-order valence-electron chi connectivity index (χ4n) is 2.14. The van der Waals surface area contributed by atoms with Crippen molar-refractivity contribution < 1.29 is 0 Å². The Labute approximate surface area is 118 Å². The number of hydrogen-bond donors (Lipinski definition) is 0. The molecule has 98 valence electrons. The maximum atomic E-state index is 12.3. The van der Waals surface area contributed by atoms with Crippen LogP contribution in [-0.2, 0) is 13.6 Å². The van der Waals surface area contributed by atoms with Gasteiger partial charge in [-0.05, 0) is 24.4 Å². The van der Waals surface area contributed by atoms with E-state index < -0.39 is 0 Å². The van der Waals surface area contributed by atoms with Crippen molar-refractivity contribution in [3.05, 3.63) is 50.5 Å². The summed E-state index contributed by atoms with van der Waals surface area (Å²) in [6.07, 6.45) is 1.81. The zero-order chi connectivity index (χ0) is 13.6. The van der Waals surface area contributed by atoms with Crippen LogP contribution in [0.3, 0.4) is 0 Å². The fraction of sp³-hybridized carbons (Fsp3) is 0.231. The molecule has 3 aromatic rings. The standard InChI is InChI=1S/C13H12ClN3OS/c1-8-12(14)10(16(2)15-8)7-17-5-3-11-9(13(17)18)4-6-19-11/h3-6H,7H2,1-2H3. The van der Waals surface area contributed by atoms with Crippen LogP contribution >= 0.6 is 22.9 Å². The maximum absolute atomic E-state index is 12.3. The Kier molecular flexibility index (Phi) is 2.95. The van der Waals surface area contributed by atoms with Gasteiger partial charge >= 0.3 is 0 Å². The van der Waals surface area contributed by atoms with Gasteiger partial charge in [0.25, 0.3) is 5.56 Å². The first-order chi connectivity index (χ1) is 9.08. The molecular formula is C13H12ClN3OS. The number of aryl methyl sites for hydroxylation is 2. The van der Waals surface area contributed by atoms with Gasteiger partial charge < -0.3 is 4.57 Å². The summed E-state index contributed by atoms with van der Waals surface area (Å²) in [4.78, 5) is 12.3. The number of thiophene rings is 1. The summed E-state index contributed by atoms with van der Waals surface area (Å²) >= 11 is 7.79. The maximum Gasteiger partial charge on any atom is 0.259 e. The van der Waals surface area contributed by atoms with Gasteiger partial charge in [0, 0.05) is 17.9 Å². The van der Waals surface area contributed by atoms with Gasteiger partial charge in [0.1, 0.15) is 0 Å². The largest absolute Gasteiger partial charge is 0.309 e. The first kappa shape index (κ1) is 12.4. The lowest BCUT2D eigenvalue weighted by molar-refractivity contribution is 0.654. The van der Waals surface area contributed by atoms with Crippen molar-refractivity contribution in [3.63, 3.8) is 0 Å². The molecule has 0 saturated heterocycles. The number of fused-ring (bicyclic) bond motifs is 1. The number of halogens is 1. The highest BCUT2D eigenvalue weighted by molar-refractivity contribution is 7.17. The van der Waals surface area contributed by atoms with Crippen molar-refractivity contribution >= 4 is 33.0 Å². The predicted octanol–water partition coefficient (Wildman–Crippen LogP) is 2.81. The summed E-state index contributed by atoms with van der Waals surface area (Å²) in [5, 5.41) is 7.57. The normalized spacial score (nSPS) is 11.3. The van der Waals surface area contributed by atoms with Crippen LogP contribution in [0.4, 0.5) is 0 Å². The predicted molar refractivity (Wildman–Crippen MR) is 78.1 cm³/mol. The second-order valence-electron chi connectivity index (χ2n) is 4.42. The molecule has 3 aromatic heterocycles. The highest BCUT2D eigenvalue weighted by Crippen LogP contribution is 2.21. The Morgan fingerprint density at radius 2 is 2.21 bits per heavy atom. The Morgan fingerprint density at radius 1 is 1.42 bits per heavy atom. The molecule has 0 fully saturated rings. The van der Waals surface area contributed by atoms with Crippen molar-refractivity contribution in [2.24, 2.45) is 7.05 Å². The van der Waals surface area contributed by atoms with E-state index in [4.69, 9.17) is 11.6 Å². The molecule has 0 radical (unpaired) electrons. The third kappa shape index (κ3) is 1.99. The molecule has 3 rings (SSSR count). The summed E-state index contributed by atoms with van der Waals surface area (Å²) in [7, 11) is 1.84. The molecule has 3 heterocycles. The number of nitrogens with zero attached hydrogens (tertiary/aromatic N) is 3. The van der Waals surface area contributed by atoms with Gasteiger partial charge in [0.05, 0.1) is 28.3 Å². The van der Waals surface area contributed by atoms with Gasteiger partial charge in [-0.15, -0.1) is 11.3 Å². The molecule has 0 aliphatic rings. The van der Waals surface area contributed by atoms with E-state index in [-0.39, 0.29) is 5.56 Å². The molecule has 0 spiro atoms. The first-order valence-electron chi connectivity index (χ1n) is 5.82. The summed E-state index contributed by atoms with van der Waals surface area (Å²) < 4.78 is 4.40. The molecule has 0 amide bonds. The molecule has 19 heavy (non-hydrogen) atoms. The van der Waals surface area contributed by atoms with E-state index in [0.29, 0.717) is 11.6 Å². The van der Waals surface area contributed by atoms with Gasteiger partial charge in [-0.1, -0.05) is 11.6 Å². The average molecular weight is 294 g/mol. The van der Waals surface area contributed by atoms with Crippen LogP contribution in [0.15, 0.2) is 28.5 Å². The molecule has 0 atom stereocenters. The lowest BCUT2D eigenvalue weighted by Crippen LogP contribution is -2.20.